The minimum atomic E-state index is 0.0603. The maximum atomic E-state index is 10.1. The number of benzene rings is 2. The number of rotatable bonds is 4. The summed E-state index contributed by atoms with van der Waals surface area (Å²) in [5, 5.41) is 11.4. The number of H-pyrrole nitrogens is 1. The van der Waals surface area contributed by atoms with E-state index in [1.165, 1.54) is 34.9 Å². The summed E-state index contributed by atoms with van der Waals surface area (Å²) in [6, 6.07) is 19.3. The van der Waals surface area contributed by atoms with E-state index in [9.17, 15) is 5.11 Å². The minimum Gasteiger partial charge on any atom is -0.394 e. The Balaban J connectivity index is 1.73. The zero-order chi connectivity index (χ0) is 16.4. The highest BCUT2D eigenvalue weighted by molar-refractivity contribution is 5.83. The first kappa shape index (κ1) is 15.4. The molecule has 3 aromatic rings. The molecule has 0 unspecified atom stereocenters. The van der Waals surface area contributed by atoms with Crippen molar-refractivity contribution in [2.45, 2.75) is 31.3 Å². The van der Waals surface area contributed by atoms with E-state index in [-0.39, 0.29) is 12.6 Å². The third-order valence-electron chi connectivity index (χ3n) is 5.28. The van der Waals surface area contributed by atoms with Crippen molar-refractivity contribution >= 4 is 10.9 Å². The highest BCUT2D eigenvalue weighted by Crippen LogP contribution is 2.39. The Kier molecular flexibility index (Phi) is 4.37. The molecule has 3 heteroatoms. The molecule has 4 rings (SSSR count). The number of para-hydroxylation sites is 1. The summed E-state index contributed by atoms with van der Waals surface area (Å²) < 4.78 is 0. The molecule has 0 amide bonds. The molecule has 3 nitrogen and oxygen atoms in total. The van der Waals surface area contributed by atoms with Gasteiger partial charge in [0.1, 0.15) is 0 Å². The molecular weight excluding hydrogens is 296 g/mol. The molecule has 0 spiro atoms. The number of nitrogens with one attached hydrogen (secondary N) is 1. The third-order valence-corrected chi connectivity index (χ3v) is 5.28. The van der Waals surface area contributed by atoms with Crippen LogP contribution in [0.4, 0.5) is 0 Å². The minimum absolute atomic E-state index is 0.0603. The maximum Gasteiger partial charge on any atom is 0.0628 e. The van der Waals surface area contributed by atoms with Crippen LogP contribution in [0.5, 0.6) is 0 Å². The lowest BCUT2D eigenvalue weighted by Gasteiger charge is -2.41. The number of aliphatic hydroxyl groups is 1. The topological polar surface area (TPSA) is 39.3 Å². The lowest BCUT2D eigenvalue weighted by atomic mass is 9.91. The van der Waals surface area contributed by atoms with Gasteiger partial charge in [0.15, 0.2) is 0 Å². The van der Waals surface area contributed by atoms with E-state index in [2.05, 4.69) is 64.6 Å². The van der Waals surface area contributed by atoms with Crippen LogP contribution in [0.25, 0.3) is 10.9 Å². The van der Waals surface area contributed by atoms with Gasteiger partial charge in [-0.05, 0) is 36.6 Å². The fourth-order valence-electron chi connectivity index (χ4n) is 4.11. The van der Waals surface area contributed by atoms with Crippen molar-refractivity contribution in [3.05, 3.63) is 71.9 Å². The Morgan fingerprint density at radius 1 is 1.04 bits per heavy atom. The van der Waals surface area contributed by atoms with E-state index in [1.54, 1.807) is 0 Å². The van der Waals surface area contributed by atoms with Crippen LogP contribution in [0.15, 0.2) is 60.8 Å². The lowest BCUT2D eigenvalue weighted by Crippen LogP contribution is -2.38. The van der Waals surface area contributed by atoms with Gasteiger partial charge >= 0.3 is 0 Å². The molecule has 1 saturated heterocycles. The molecule has 0 bridgehead atoms. The molecule has 124 valence electrons. The number of likely N-dealkylation sites (tertiary alicyclic amines) is 1. The number of fused-ring (bicyclic) bond motifs is 1. The van der Waals surface area contributed by atoms with E-state index in [4.69, 9.17) is 0 Å². The largest absolute Gasteiger partial charge is 0.394 e. The van der Waals surface area contributed by atoms with Crippen molar-refractivity contribution in [2.75, 3.05) is 13.2 Å². The van der Waals surface area contributed by atoms with Gasteiger partial charge in [-0.25, -0.2) is 0 Å². The average Bonchev–Trinajstić information content (AvgIpc) is 3.08. The number of nitrogens with zero attached hydrogens (tertiary/aromatic N) is 1. The molecule has 2 aromatic carbocycles. The summed E-state index contributed by atoms with van der Waals surface area (Å²) in [7, 11) is 0. The average molecular weight is 320 g/mol. The second kappa shape index (κ2) is 6.80. The Bertz CT molecular complexity index is 796. The van der Waals surface area contributed by atoms with Crippen molar-refractivity contribution in [3.8, 4) is 0 Å². The zero-order valence-electron chi connectivity index (χ0n) is 13.9. The number of aliphatic hydroxyl groups excluding tert-OH is 1. The zero-order valence-corrected chi connectivity index (χ0v) is 13.9. The molecule has 1 aliphatic heterocycles. The molecule has 2 atom stereocenters. The Morgan fingerprint density at radius 3 is 2.67 bits per heavy atom. The number of aromatic amines is 1. The van der Waals surface area contributed by atoms with Crippen LogP contribution in [-0.4, -0.2) is 28.1 Å². The molecule has 1 aromatic heterocycles. The van der Waals surface area contributed by atoms with E-state index >= 15 is 0 Å². The Hall–Kier alpha value is -2.10. The highest BCUT2D eigenvalue weighted by atomic mass is 16.3. The van der Waals surface area contributed by atoms with Crippen LogP contribution < -0.4 is 0 Å². The smallest absolute Gasteiger partial charge is 0.0628 e. The van der Waals surface area contributed by atoms with Crippen LogP contribution in [0.3, 0.4) is 0 Å². The van der Waals surface area contributed by atoms with Crippen molar-refractivity contribution < 1.29 is 5.11 Å². The van der Waals surface area contributed by atoms with Crippen LogP contribution in [0.2, 0.25) is 0 Å². The van der Waals surface area contributed by atoms with Gasteiger partial charge in [-0.1, -0.05) is 55.0 Å². The summed E-state index contributed by atoms with van der Waals surface area (Å²) in [5.41, 5.74) is 3.75. The fraction of sp³-hybridized carbons (Fsp3) is 0.333. The molecule has 0 saturated carbocycles. The van der Waals surface area contributed by atoms with E-state index < -0.39 is 0 Å². The van der Waals surface area contributed by atoms with E-state index in [0.29, 0.717) is 6.04 Å². The predicted octanol–water partition coefficient (Wildman–Crippen LogP) is 4.43. The van der Waals surface area contributed by atoms with Gasteiger partial charge in [-0.2, -0.15) is 0 Å². The summed E-state index contributed by atoms with van der Waals surface area (Å²) in [4.78, 5) is 5.91. The quantitative estimate of drug-likeness (QED) is 0.746. The number of aromatic nitrogens is 1. The standard InChI is InChI=1S/C21H24N2O/c24-15-21(16-8-2-1-3-9-16)23-13-7-6-12-20(23)18-14-22-19-11-5-4-10-17(18)19/h1-5,8-11,14,20-22,24H,6-7,12-13,15H2/t20-,21-/m0/s1. The van der Waals surface area contributed by atoms with Crippen molar-refractivity contribution in [1.29, 1.82) is 0 Å². The van der Waals surface area contributed by atoms with Gasteiger partial charge in [0.05, 0.1) is 12.6 Å². The van der Waals surface area contributed by atoms with Crippen LogP contribution >= 0.6 is 0 Å². The van der Waals surface area contributed by atoms with Gasteiger partial charge in [0, 0.05) is 23.1 Å². The van der Waals surface area contributed by atoms with Crippen LogP contribution in [0, 0.1) is 0 Å². The van der Waals surface area contributed by atoms with E-state index in [1.807, 2.05) is 6.07 Å². The van der Waals surface area contributed by atoms with Gasteiger partial charge in [0.25, 0.3) is 0 Å². The van der Waals surface area contributed by atoms with Crippen molar-refractivity contribution in [3.63, 3.8) is 0 Å². The normalized spacial score (nSPS) is 20.3. The van der Waals surface area contributed by atoms with Crippen LogP contribution in [0.1, 0.15) is 42.5 Å². The second-order valence-corrected chi connectivity index (χ2v) is 6.65. The third kappa shape index (κ3) is 2.74. The molecule has 2 heterocycles. The predicted molar refractivity (Wildman–Crippen MR) is 97.9 cm³/mol. The molecule has 0 radical (unpaired) electrons. The summed E-state index contributed by atoms with van der Waals surface area (Å²) in [5.74, 6) is 0. The van der Waals surface area contributed by atoms with Crippen molar-refractivity contribution in [2.24, 2.45) is 0 Å². The lowest BCUT2D eigenvalue weighted by molar-refractivity contribution is 0.0564. The van der Waals surface area contributed by atoms with Crippen molar-refractivity contribution in [1.82, 2.24) is 9.88 Å². The van der Waals surface area contributed by atoms with Gasteiger partial charge in [0.2, 0.25) is 0 Å². The summed E-state index contributed by atoms with van der Waals surface area (Å²) in [6.07, 6.45) is 5.74. The van der Waals surface area contributed by atoms with Gasteiger partial charge < -0.3 is 10.1 Å². The first-order chi connectivity index (χ1) is 11.9. The first-order valence-corrected chi connectivity index (χ1v) is 8.86. The molecule has 2 N–H and O–H groups in total. The number of hydrogen-bond donors (Lipinski definition) is 2. The number of hydrogen-bond acceptors (Lipinski definition) is 2. The molecule has 1 aliphatic rings. The molecule has 1 fully saturated rings. The highest BCUT2D eigenvalue weighted by Gasteiger charge is 2.31. The molecule has 0 aliphatic carbocycles. The van der Waals surface area contributed by atoms with Gasteiger partial charge in [-0.15, -0.1) is 0 Å². The first-order valence-electron chi connectivity index (χ1n) is 8.86. The SMILES string of the molecule is OC[C@@H](c1ccccc1)N1CCCC[C@H]1c1c[nH]c2ccccc12. The Morgan fingerprint density at radius 2 is 1.83 bits per heavy atom. The maximum absolute atomic E-state index is 10.1. The number of piperidine rings is 1. The summed E-state index contributed by atoms with van der Waals surface area (Å²) >= 11 is 0. The molecule has 24 heavy (non-hydrogen) atoms. The second-order valence-electron chi connectivity index (χ2n) is 6.65. The summed E-state index contributed by atoms with van der Waals surface area (Å²) in [6.45, 7) is 1.19. The monoisotopic (exact) mass is 320 g/mol. The van der Waals surface area contributed by atoms with Gasteiger partial charge in [-0.3, -0.25) is 4.90 Å². The Labute approximate surface area is 142 Å². The molecular formula is C21H24N2O. The van der Waals surface area contributed by atoms with Crippen LogP contribution in [-0.2, 0) is 0 Å². The fourth-order valence-corrected chi connectivity index (χ4v) is 4.11. The van der Waals surface area contributed by atoms with E-state index in [0.717, 1.165) is 13.0 Å².